The van der Waals surface area contributed by atoms with Crippen LogP contribution in [-0.4, -0.2) is 0 Å². The Bertz CT molecular complexity index is 1810. The van der Waals surface area contributed by atoms with E-state index in [9.17, 15) is 0 Å². The first kappa shape index (κ1) is 23.4. The lowest BCUT2D eigenvalue weighted by Crippen LogP contribution is -1.92. The molecule has 184 valence electrons. The molecule has 0 unspecified atom stereocenters. The minimum Gasteiger partial charge on any atom is -0.134 e. The lowest BCUT2D eigenvalue weighted by molar-refractivity contribution is 1.57. The van der Waals surface area contributed by atoms with Crippen molar-refractivity contribution in [3.63, 3.8) is 0 Å². The van der Waals surface area contributed by atoms with Crippen LogP contribution < -0.4 is 0 Å². The van der Waals surface area contributed by atoms with Gasteiger partial charge in [-0.05, 0) is 51.1 Å². The summed E-state index contributed by atoms with van der Waals surface area (Å²) in [6, 6.07) is 56.8. The van der Waals surface area contributed by atoms with Crippen LogP contribution in [-0.2, 0) is 0 Å². The van der Waals surface area contributed by atoms with Gasteiger partial charge in [0, 0.05) is 26.1 Å². The average molecular weight is 515 g/mol. The van der Waals surface area contributed by atoms with E-state index in [1.165, 1.54) is 65.0 Å². The highest BCUT2D eigenvalue weighted by Gasteiger charge is 2.22. The van der Waals surface area contributed by atoms with E-state index in [4.69, 9.17) is 0 Å². The van der Waals surface area contributed by atoms with Crippen molar-refractivity contribution < 1.29 is 0 Å². The molecule has 0 saturated heterocycles. The van der Waals surface area contributed by atoms with Gasteiger partial charge < -0.3 is 0 Å². The summed E-state index contributed by atoms with van der Waals surface area (Å²) in [7, 11) is 0. The summed E-state index contributed by atoms with van der Waals surface area (Å²) >= 11 is 1.90. The minimum atomic E-state index is 1.22. The third-order valence-electron chi connectivity index (χ3n) is 7.30. The monoisotopic (exact) mass is 514 g/mol. The number of hydrogen-bond donors (Lipinski definition) is 0. The summed E-state index contributed by atoms with van der Waals surface area (Å²) in [6.07, 6.45) is 0. The first-order chi connectivity index (χ1) is 19.4. The zero-order valence-electron chi connectivity index (χ0n) is 21.4. The van der Waals surface area contributed by atoms with Gasteiger partial charge in [0.1, 0.15) is 0 Å². The van der Waals surface area contributed by atoms with Crippen molar-refractivity contribution in [2.45, 2.75) is 0 Å². The minimum absolute atomic E-state index is 1.22. The van der Waals surface area contributed by atoms with Gasteiger partial charge in [-0.15, -0.1) is 11.3 Å². The van der Waals surface area contributed by atoms with Gasteiger partial charge >= 0.3 is 0 Å². The number of benzene rings is 6. The molecule has 1 heterocycles. The second-order valence-electron chi connectivity index (χ2n) is 9.72. The lowest BCUT2D eigenvalue weighted by Gasteiger charge is -2.18. The van der Waals surface area contributed by atoms with Crippen molar-refractivity contribution in [1.29, 1.82) is 0 Å². The molecular formula is C38H26S. The average Bonchev–Trinajstić information content (AvgIpc) is 3.41. The second-order valence-corrected chi connectivity index (χ2v) is 10.7. The van der Waals surface area contributed by atoms with Crippen molar-refractivity contribution in [1.82, 2.24) is 0 Å². The van der Waals surface area contributed by atoms with Gasteiger partial charge in [-0.1, -0.05) is 146 Å². The van der Waals surface area contributed by atoms with Gasteiger partial charge in [0.25, 0.3) is 0 Å². The predicted molar refractivity (Wildman–Crippen MR) is 169 cm³/mol. The Hall–Kier alpha value is -4.72. The van der Waals surface area contributed by atoms with Gasteiger partial charge in [-0.25, -0.2) is 0 Å². The molecule has 0 nitrogen and oxygen atoms in total. The molecule has 0 aliphatic rings. The highest BCUT2D eigenvalue weighted by atomic mass is 32.1. The maximum absolute atomic E-state index is 2.38. The van der Waals surface area contributed by atoms with E-state index in [2.05, 4.69) is 158 Å². The fraction of sp³-hybridized carbons (Fsp3) is 0. The van der Waals surface area contributed by atoms with Crippen LogP contribution in [0.25, 0.3) is 65.0 Å². The molecule has 1 aromatic heterocycles. The van der Waals surface area contributed by atoms with Crippen LogP contribution in [0.5, 0.6) is 0 Å². The molecule has 0 fully saturated rings. The van der Waals surface area contributed by atoms with Crippen LogP contribution in [0, 0.1) is 0 Å². The van der Waals surface area contributed by atoms with Crippen LogP contribution in [0.1, 0.15) is 0 Å². The summed E-state index contributed by atoms with van der Waals surface area (Å²) < 4.78 is 0. The summed E-state index contributed by atoms with van der Waals surface area (Å²) in [6.45, 7) is 0. The first-order valence-electron chi connectivity index (χ1n) is 13.3. The quantitative estimate of drug-likeness (QED) is 0.214. The molecule has 6 aromatic carbocycles. The van der Waals surface area contributed by atoms with Crippen molar-refractivity contribution >= 4 is 22.1 Å². The van der Waals surface area contributed by atoms with E-state index in [1.54, 1.807) is 0 Å². The van der Waals surface area contributed by atoms with Crippen LogP contribution in [0.3, 0.4) is 0 Å². The van der Waals surface area contributed by atoms with Crippen LogP contribution in [0.4, 0.5) is 0 Å². The molecule has 7 rings (SSSR count). The summed E-state index contributed by atoms with van der Waals surface area (Å²) in [4.78, 5) is 2.62. The zero-order valence-corrected chi connectivity index (χ0v) is 22.2. The Balaban J connectivity index is 1.61. The van der Waals surface area contributed by atoms with Gasteiger partial charge in [0.15, 0.2) is 0 Å². The first-order valence-corrected chi connectivity index (χ1v) is 14.1. The maximum Gasteiger partial charge on any atom is 0.0440 e. The fourth-order valence-electron chi connectivity index (χ4n) is 5.46. The number of rotatable bonds is 5. The van der Waals surface area contributed by atoms with E-state index in [-0.39, 0.29) is 0 Å². The van der Waals surface area contributed by atoms with Gasteiger partial charge in [0.05, 0.1) is 0 Å². The van der Waals surface area contributed by atoms with E-state index in [0.717, 1.165) is 0 Å². The van der Waals surface area contributed by atoms with E-state index >= 15 is 0 Å². The Morgan fingerprint density at radius 3 is 1.18 bits per heavy atom. The third-order valence-corrected chi connectivity index (χ3v) is 8.59. The highest BCUT2D eigenvalue weighted by Crippen LogP contribution is 2.51. The van der Waals surface area contributed by atoms with Gasteiger partial charge in [-0.3, -0.25) is 0 Å². The smallest absolute Gasteiger partial charge is 0.0440 e. The third kappa shape index (κ3) is 4.37. The zero-order chi connectivity index (χ0) is 26.0. The summed E-state index contributed by atoms with van der Waals surface area (Å²) in [5, 5.41) is 2.59. The van der Waals surface area contributed by atoms with Gasteiger partial charge in [-0.2, -0.15) is 0 Å². The highest BCUT2D eigenvalue weighted by molar-refractivity contribution is 7.21. The van der Waals surface area contributed by atoms with Crippen molar-refractivity contribution in [3.05, 3.63) is 158 Å². The maximum atomic E-state index is 2.38. The topological polar surface area (TPSA) is 0 Å². The molecule has 0 N–H and O–H groups in total. The molecule has 0 radical (unpaired) electrons. The number of thiophene rings is 1. The Kier molecular flexibility index (Phi) is 6.13. The molecule has 0 atom stereocenters. The Labute approximate surface area is 233 Å². The molecular weight excluding hydrogens is 488 g/mol. The van der Waals surface area contributed by atoms with Crippen LogP contribution in [0.15, 0.2) is 158 Å². The summed E-state index contributed by atoms with van der Waals surface area (Å²) in [5.41, 5.74) is 9.94. The number of hydrogen-bond acceptors (Lipinski definition) is 1. The van der Waals surface area contributed by atoms with E-state index in [1.807, 2.05) is 11.3 Å². The van der Waals surface area contributed by atoms with Crippen molar-refractivity contribution in [3.8, 4) is 54.3 Å². The lowest BCUT2D eigenvalue weighted by atomic mass is 9.86. The van der Waals surface area contributed by atoms with Gasteiger partial charge in [0.2, 0.25) is 0 Å². The normalized spacial score (nSPS) is 11.1. The Morgan fingerprint density at radius 2 is 0.692 bits per heavy atom. The molecule has 0 amide bonds. The predicted octanol–water partition coefficient (Wildman–Crippen LogP) is 11.2. The number of fused-ring (bicyclic) bond motifs is 1. The molecule has 0 saturated carbocycles. The van der Waals surface area contributed by atoms with Crippen LogP contribution in [0.2, 0.25) is 0 Å². The fourth-order valence-corrected chi connectivity index (χ4v) is 6.81. The standard InChI is InChI=1S/C38H26S/c1-5-15-27(16-6-1)31-25-34(28-17-7-2-8-18-28)36(35(26-31)29-19-9-3-10-20-29)38-33-24-14-13-23-32(33)37(39-38)30-21-11-4-12-22-30/h1-26H. The summed E-state index contributed by atoms with van der Waals surface area (Å²) in [5.74, 6) is 0. The Morgan fingerprint density at radius 1 is 0.308 bits per heavy atom. The van der Waals surface area contributed by atoms with E-state index < -0.39 is 0 Å². The molecule has 0 spiro atoms. The van der Waals surface area contributed by atoms with Crippen LogP contribution >= 0.6 is 11.3 Å². The van der Waals surface area contributed by atoms with E-state index in [0.29, 0.717) is 0 Å². The SMILES string of the molecule is c1ccc(-c2cc(-c3ccccc3)c(-c3sc(-c4ccccc4)c4ccccc34)c(-c3ccccc3)c2)cc1. The largest absolute Gasteiger partial charge is 0.134 e. The molecule has 39 heavy (non-hydrogen) atoms. The molecule has 0 aliphatic carbocycles. The molecule has 7 aromatic rings. The second kappa shape index (κ2) is 10.2. The molecule has 0 bridgehead atoms. The van der Waals surface area contributed by atoms with Crippen molar-refractivity contribution in [2.75, 3.05) is 0 Å². The molecule has 1 heteroatoms. The molecule has 0 aliphatic heterocycles. The van der Waals surface area contributed by atoms with Crippen molar-refractivity contribution in [2.24, 2.45) is 0 Å².